The van der Waals surface area contributed by atoms with Gasteiger partial charge in [-0.05, 0) is 54.6 Å². The third kappa shape index (κ3) is 2.72. The van der Waals surface area contributed by atoms with Gasteiger partial charge in [-0.25, -0.2) is 0 Å². The Morgan fingerprint density at radius 3 is 2.25 bits per heavy atom. The molecule has 1 aliphatic heterocycles. The largest absolute Gasteiger partial charge is 0.493 e. The maximum Gasteiger partial charge on any atom is 0.169 e. The Morgan fingerprint density at radius 1 is 0.893 bits per heavy atom. The number of methoxy groups -OCH3 is 4. The Morgan fingerprint density at radius 2 is 1.61 bits per heavy atom. The number of rotatable bonds is 6. The van der Waals surface area contributed by atoms with Crippen molar-refractivity contribution >= 4 is 0 Å². The first-order valence-corrected chi connectivity index (χ1v) is 9.94. The smallest absolute Gasteiger partial charge is 0.169 e. The minimum Gasteiger partial charge on any atom is -0.493 e. The van der Waals surface area contributed by atoms with Gasteiger partial charge < -0.3 is 18.9 Å². The quantitative estimate of drug-likeness (QED) is 0.746. The summed E-state index contributed by atoms with van der Waals surface area (Å²) in [7, 11) is 6.79. The second-order valence-electron chi connectivity index (χ2n) is 7.40. The molecule has 150 valence electrons. The molecule has 0 bridgehead atoms. The normalized spacial score (nSPS) is 17.5. The fourth-order valence-electron chi connectivity index (χ4n) is 4.91. The number of hydrogen-bond acceptors (Lipinski definition) is 5. The molecule has 5 nitrogen and oxygen atoms in total. The molecule has 4 rings (SSSR count). The van der Waals surface area contributed by atoms with Gasteiger partial charge in [0.15, 0.2) is 23.0 Å². The van der Waals surface area contributed by atoms with Crippen LogP contribution in [0.25, 0.3) is 11.1 Å². The van der Waals surface area contributed by atoms with E-state index in [0.29, 0.717) is 6.04 Å². The predicted molar refractivity (Wildman–Crippen MR) is 110 cm³/mol. The summed E-state index contributed by atoms with van der Waals surface area (Å²) >= 11 is 0. The Hall–Kier alpha value is -2.40. The highest BCUT2D eigenvalue weighted by molar-refractivity contribution is 5.88. The van der Waals surface area contributed by atoms with Crippen molar-refractivity contribution in [3.63, 3.8) is 0 Å². The van der Waals surface area contributed by atoms with E-state index in [1.807, 2.05) is 6.07 Å². The molecule has 0 saturated heterocycles. The first kappa shape index (κ1) is 18.9. The summed E-state index contributed by atoms with van der Waals surface area (Å²) in [5.74, 6) is 3.05. The Labute approximate surface area is 167 Å². The van der Waals surface area contributed by atoms with Crippen molar-refractivity contribution in [3.05, 3.63) is 34.9 Å². The van der Waals surface area contributed by atoms with E-state index in [2.05, 4.69) is 24.0 Å². The molecule has 0 N–H and O–H groups in total. The molecule has 1 heterocycles. The van der Waals surface area contributed by atoms with E-state index in [-0.39, 0.29) is 0 Å². The van der Waals surface area contributed by atoms with Crippen LogP contribution >= 0.6 is 0 Å². The third-order valence-electron chi connectivity index (χ3n) is 6.04. The van der Waals surface area contributed by atoms with Crippen LogP contribution in [0.1, 0.15) is 36.1 Å². The summed E-state index contributed by atoms with van der Waals surface area (Å²) in [6.45, 7) is 4.42. The van der Waals surface area contributed by atoms with Crippen molar-refractivity contribution < 1.29 is 18.9 Å². The Balaban J connectivity index is 2.06. The monoisotopic (exact) mass is 383 g/mol. The summed E-state index contributed by atoms with van der Waals surface area (Å²) in [5.41, 5.74) is 6.13. The highest BCUT2D eigenvalue weighted by atomic mass is 16.5. The van der Waals surface area contributed by atoms with Crippen LogP contribution in [0.2, 0.25) is 0 Å². The van der Waals surface area contributed by atoms with Gasteiger partial charge in [-0.15, -0.1) is 0 Å². The highest BCUT2D eigenvalue weighted by Crippen LogP contribution is 2.56. The van der Waals surface area contributed by atoms with Crippen molar-refractivity contribution in [2.24, 2.45) is 0 Å². The number of benzene rings is 2. The average molecular weight is 383 g/mol. The summed E-state index contributed by atoms with van der Waals surface area (Å²) in [6, 6.07) is 6.68. The van der Waals surface area contributed by atoms with Gasteiger partial charge in [0.05, 0.1) is 28.4 Å². The van der Waals surface area contributed by atoms with E-state index in [4.69, 9.17) is 18.9 Å². The predicted octanol–water partition coefficient (Wildman–Crippen LogP) is 4.25. The van der Waals surface area contributed by atoms with Crippen LogP contribution in [-0.2, 0) is 12.8 Å². The minimum atomic E-state index is 0.351. The van der Waals surface area contributed by atoms with Gasteiger partial charge in [-0.1, -0.05) is 13.0 Å². The molecule has 0 aromatic heterocycles. The van der Waals surface area contributed by atoms with Gasteiger partial charge in [-0.3, -0.25) is 4.90 Å². The molecule has 2 aromatic carbocycles. The fraction of sp³-hybridized carbons (Fsp3) is 0.478. The number of fused-ring (bicyclic) bond motifs is 2. The molecule has 0 fully saturated rings. The molecule has 0 amide bonds. The second kappa shape index (κ2) is 7.55. The molecule has 5 heteroatoms. The topological polar surface area (TPSA) is 40.2 Å². The lowest BCUT2D eigenvalue weighted by Gasteiger charge is -2.42. The van der Waals surface area contributed by atoms with Gasteiger partial charge in [0.1, 0.15) is 0 Å². The van der Waals surface area contributed by atoms with Crippen LogP contribution in [0.5, 0.6) is 23.0 Å². The zero-order valence-corrected chi connectivity index (χ0v) is 17.4. The first-order valence-electron chi connectivity index (χ1n) is 9.94. The van der Waals surface area contributed by atoms with Crippen LogP contribution in [0, 0.1) is 0 Å². The van der Waals surface area contributed by atoms with E-state index in [0.717, 1.165) is 66.5 Å². The van der Waals surface area contributed by atoms with Gasteiger partial charge >= 0.3 is 0 Å². The lowest BCUT2D eigenvalue weighted by Crippen LogP contribution is -2.39. The highest BCUT2D eigenvalue weighted by Gasteiger charge is 2.39. The summed E-state index contributed by atoms with van der Waals surface area (Å²) in [5, 5.41) is 0. The minimum absolute atomic E-state index is 0.351. The third-order valence-corrected chi connectivity index (χ3v) is 6.04. The zero-order valence-electron chi connectivity index (χ0n) is 17.4. The fourth-order valence-corrected chi connectivity index (χ4v) is 4.91. The van der Waals surface area contributed by atoms with E-state index in [9.17, 15) is 0 Å². The number of hydrogen-bond donors (Lipinski definition) is 0. The zero-order chi connectivity index (χ0) is 19.8. The molecule has 0 radical (unpaired) electrons. The van der Waals surface area contributed by atoms with Crippen molar-refractivity contribution in [3.8, 4) is 34.1 Å². The lowest BCUT2D eigenvalue weighted by molar-refractivity contribution is 0.182. The van der Waals surface area contributed by atoms with Crippen LogP contribution in [-0.4, -0.2) is 46.4 Å². The Kier molecular flexibility index (Phi) is 5.11. The molecule has 0 spiro atoms. The van der Waals surface area contributed by atoms with E-state index in [1.54, 1.807) is 28.4 Å². The summed E-state index contributed by atoms with van der Waals surface area (Å²) in [4.78, 5) is 2.61. The molecule has 1 aliphatic carbocycles. The molecule has 1 unspecified atom stereocenters. The van der Waals surface area contributed by atoms with Crippen LogP contribution < -0.4 is 18.9 Å². The van der Waals surface area contributed by atoms with Gasteiger partial charge in [-0.2, -0.15) is 0 Å². The molecule has 2 aliphatic rings. The van der Waals surface area contributed by atoms with E-state index in [1.165, 1.54) is 16.7 Å². The van der Waals surface area contributed by atoms with Crippen molar-refractivity contribution in [1.82, 2.24) is 4.90 Å². The number of nitrogens with zero attached hydrogens (tertiary/aromatic N) is 1. The molecule has 28 heavy (non-hydrogen) atoms. The lowest BCUT2D eigenvalue weighted by atomic mass is 9.76. The molecule has 0 saturated carbocycles. The maximum atomic E-state index is 5.89. The van der Waals surface area contributed by atoms with Gasteiger partial charge in [0.25, 0.3) is 0 Å². The van der Waals surface area contributed by atoms with Gasteiger partial charge in [0, 0.05) is 23.7 Å². The summed E-state index contributed by atoms with van der Waals surface area (Å²) < 4.78 is 23.0. The van der Waals surface area contributed by atoms with Crippen molar-refractivity contribution in [2.75, 3.05) is 41.5 Å². The molecule has 2 aromatic rings. The van der Waals surface area contributed by atoms with Gasteiger partial charge in [0.2, 0.25) is 0 Å². The van der Waals surface area contributed by atoms with E-state index < -0.39 is 0 Å². The average Bonchev–Trinajstić information content (AvgIpc) is 2.73. The molecular formula is C23H29NO4. The summed E-state index contributed by atoms with van der Waals surface area (Å²) in [6.07, 6.45) is 3.12. The van der Waals surface area contributed by atoms with Crippen LogP contribution in [0.15, 0.2) is 18.2 Å². The van der Waals surface area contributed by atoms with Crippen molar-refractivity contribution in [2.45, 2.75) is 32.2 Å². The first-order chi connectivity index (χ1) is 13.7. The Bertz CT molecular complexity index is 893. The second-order valence-corrected chi connectivity index (χ2v) is 7.40. The standard InChI is InChI=1S/C23H29NO4/c1-6-10-24-11-9-15-13-18(26-3)23(28-5)21-19(15)16(24)12-14-7-8-17(25-2)22(27-4)20(14)21/h7-8,13,16H,6,9-12H2,1-5H3. The van der Waals surface area contributed by atoms with Crippen LogP contribution in [0.3, 0.4) is 0 Å². The van der Waals surface area contributed by atoms with E-state index >= 15 is 0 Å². The van der Waals surface area contributed by atoms with Crippen molar-refractivity contribution in [1.29, 1.82) is 0 Å². The van der Waals surface area contributed by atoms with Crippen LogP contribution in [0.4, 0.5) is 0 Å². The molecule has 1 atom stereocenters. The molecular weight excluding hydrogens is 354 g/mol. The SMILES string of the molecule is CCCN1CCc2cc(OC)c(OC)c3c2C1Cc1ccc(OC)c(OC)c1-3. The number of ether oxygens (including phenoxy) is 4. The maximum absolute atomic E-state index is 5.89.